The first-order valence-corrected chi connectivity index (χ1v) is 9.18. The van der Waals surface area contributed by atoms with Crippen LogP contribution in [0.25, 0.3) is 0 Å². The summed E-state index contributed by atoms with van der Waals surface area (Å²) in [5, 5.41) is 0. The van der Waals surface area contributed by atoms with Crippen LogP contribution in [0.3, 0.4) is 0 Å². The lowest BCUT2D eigenvalue weighted by Crippen LogP contribution is -2.31. The summed E-state index contributed by atoms with van der Waals surface area (Å²) in [5.74, 6) is 0.544. The van der Waals surface area contributed by atoms with Crippen molar-refractivity contribution in [3.8, 4) is 5.75 Å². The van der Waals surface area contributed by atoms with Gasteiger partial charge >= 0.3 is 0 Å². The Morgan fingerprint density at radius 2 is 1.63 bits per heavy atom. The summed E-state index contributed by atoms with van der Waals surface area (Å²) < 4.78 is 5.31. The molecule has 5 nitrogen and oxygen atoms in total. The van der Waals surface area contributed by atoms with Crippen LogP contribution in [0.2, 0.25) is 0 Å². The second kappa shape index (κ2) is 9.21. The van der Waals surface area contributed by atoms with Gasteiger partial charge in [-0.25, -0.2) is 0 Å². The molecule has 0 saturated heterocycles. The smallest absolute Gasteiger partial charge is 0.254 e. The number of carbonyl (C=O) groups excluding carboxylic acids is 2. The summed E-state index contributed by atoms with van der Waals surface area (Å²) in [4.78, 5) is 29.6. The van der Waals surface area contributed by atoms with Crippen LogP contribution in [0.15, 0.2) is 42.5 Å². The number of nitrogens with zero attached hydrogens (tertiary/aromatic N) is 2. The van der Waals surface area contributed by atoms with Crippen molar-refractivity contribution in [2.45, 2.75) is 20.3 Å². The molecule has 144 valence electrons. The third kappa shape index (κ3) is 4.67. The average Bonchev–Trinajstić information content (AvgIpc) is 2.68. The van der Waals surface area contributed by atoms with Crippen molar-refractivity contribution in [1.82, 2.24) is 4.90 Å². The van der Waals surface area contributed by atoms with Crippen LogP contribution in [0.5, 0.6) is 5.75 Å². The van der Waals surface area contributed by atoms with Gasteiger partial charge < -0.3 is 14.5 Å². The standard InChI is InChI=1S/C22H28N2O3/c1-6-24(7-2)22(26)18-13-12-17(27-5)14-16(18)15-21(25)19-10-8-9-11-20(19)23(3)4/h8-14H,6-7,15H2,1-5H3. The van der Waals surface area contributed by atoms with Crippen LogP contribution in [0, 0.1) is 0 Å². The maximum absolute atomic E-state index is 13.0. The first kappa shape index (κ1) is 20.5. The number of hydrogen-bond acceptors (Lipinski definition) is 4. The van der Waals surface area contributed by atoms with Gasteiger partial charge in [-0.15, -0.1) is 0 Å². The molecule has 2 aromatic carbocycles. The molecule has 0 unspecified atom stereocenters. The SMILES string of the molecule is CCN(CC)C(=O)c1ccc(OC)cc1CC(=O)c1ccccc1N(C)C. The van der Waals surface area contributed by atoms with Crippen molar-refractivity contribution in [2.24, 2.45) is 0 Å². The van der Waals surface area contributed by atoms with Gasteiger partial charge in [-0.05, 0) is 49.7 Å². The van der Waals surface area contributed by atoms with E-state index in [-0.39, 0.29) is 18.1 Å². The molecule has 1 amide bonds. The van der Waals surface area contributed by atoms with Crippen LogP contribution in [-0.4, -0.2) is 50.9 Å². The van der Waals surface area contributed by atoms with Gasteiger partial charge in [0.25, 0.3) is 5.91 Å². The highest BCUT2D eigenvalue weighted by Gasteiger charge is 2.20. The maximum Gasteiger partial charge on any atom is 0.254 e. The van der Waals surface area contributed by atoms with Crippen molar-refractivity contribution < 1.29 is 14.3 Å². The average molecular weight is 368 g/mol. The van der Waals surface area contributed by atoms with E-state index in [1.54, 1.807) is 30.2 Å². The number of ether oxygens (including phenoxy) is 1. The number of benzene rings is 2. The quantitative estimate of drug-likeness (QED) is 0.667. The molecular weight excluding hydrogens is 340 g/mol. The topological polar surface area (TPSA) is 49.9 Å². The predicted octanol–water partition coefficient (Wildman–Crippen LogP) is 3.67. The Hall–Kier alpha value is -2.82. The number of hydrogen-bond donors (Lipinski definition) is 0. The molecule has 27 heavy (non-hydrogen) atoms. The minimum atomic E-state index is -0.0636. The van der Waals surface area contributed by atoms with E-state index in [1.165, 1.54) is 0 Å². The Labute approximate surface area is 161 Å². The lowest BCUT2D eigenvalue weighted by atomic mass is 9.96. The van der Waals surface area contributed by atoms with E-state index < -0.39 is 0 Å². The molecule has 0 aromatic heterocycles. The lowest BCUT2D eigenvalue weighted by molar-refractivity contribution is 0.0772. The van der Waals surface area contributed by atoms with Gasteiger partial charge in [0.2, 0.25) is 0 Å². The first-order valence-electron chi connectivity index (χ1n) is 9.18. The van der Waals surface area contributed by atoms with E-state index in [9.17, 15) is 9.59 Å². The molecule has 0 aliphatic heterocycles. The Morgan fingerprint density at radius 3 is 2.22 bits per heavy atom. The van der Waals surface area contributed by atoms with E-state index in [0.717, 1.165) is 5.69 Å². The van der Waals surface area contributed by atoms with Crippen LogP contribution in [0.4, 0.5) is 5.69 Å². The molecule has 5 heteroatoms. The Balaban J connectivity index is 2.42. The maximum atomic E-state index is 13.0. The fraction of sp³-hybridized carbons (Fsp3) is 0.364. The van der Waals surface area contributed by atoms with Gasteiger partial charge in [0.05, 0.1) is 7.11 Å². The summed E-state index contributed by atoms with van der Waals surface area (Å²) in [6.45, 7) is 5.14. The van der Waals surface area contributed by atoms with E-state index in [1.807, 2.05) is 57.1 Å². The van der Waals surface area contributed by atoms with Crippen LogP contribution in [-0.2, 0) is 6.42 Å². The normalized spacial score (nSPS) is 10.4. The first-order chi connectivity index (χ1) is 12.9. The van der Waals surface area contributed by atoms with Gasteiger partial charge in [-0.2, -0.15) is 0 Å². The van der Waals surface area contributed by atoms with Crippen LogP contribution in [0.1, 0.15) is 40.1 Å². The van der Waals surface area contributed by atoms with E-state index >= 15 is 0 Å². The van der Waals surface area contributed by atoms with Gasteiger partial charge in [-0.1, -0.05) is 12.1 Å². The highest BCUT2D eigenvalue weighted by molar-refractivity contribution is 6.04. The zero-order chi connectivity index (χ0) is 20.0. The van der Waals surface area contributed by atoms with Gasteiger partial charge in [0.15, 0.2) is 5.78 Å². The Morgan fingerprint density at radius 1 is 0.963 bits per heavy atom. The molecule has 0 aliphatic rings. The second-order valence-corrected chi connectivity index (χ2v) is 6.51. The zero-order valence-corrected chi connectivity index (χ0v) is 16.8. The number of ketones is 1. The molecule has 2 aromatic rings. The summed E-state index contributed by atoms with van der Waals surface area (Å²) >= 11 is 0. The summed E-state index contributed by atoms with van der Waals surface area (Å²) in [6.07, 6.45) is 0.143. The Bertz CT molecular complexity index is 811. The molecule has 2 rings (SSSR count). The van der Waals surface area contributed by atoms with Crippen molar-refractivity contribution >= 4 is 17.4 Å². The van der Waals surface area contributed by atoms with Gasteiger partial charge in [0, 0.05) is 50.4 Å². The van der Waals surface area contributed by atoms with E-state index in [0.29, 0.717) is 35.5 Å². The highest BCUT2D eigenvalue weighted by Crippen LogP contribution is 2.24. The number of para-hydroxylation sites is 1. The predicted molar refractivity (Wildman–Crippen MR) is 109 cm³/mol. The largest absolute Gasteiger partial charge is 0.497 e. The Kier molecular flexibility index (Phi) is 6.99. The van der Waals surface area contributed by atoms with Crippen molar-refractivity contribution in [1.29, 1.82) is 0 Å². The van der Waals surface area contributed by atoms with Crippen LogP contribution < -0.4 is 9.64 Å². The molecule has 0 radical (unpaired) electrons. The number of methoxy groups -OCH3 is 1. The van der Waals surface area contributed by atoms with E-state index in [2.05, 4.69) is 0 Å². The molecule has 0 saturated carbocycles. The lowest BCUT2D eigenvalue weighted by Gasteiger charge is -2.21. The molecule has 0 atom stereocenters. The van der Waals surface area contributed by atoms with Gasteiger partial charge in [-0.3, -0.25) is 9.59 Å². The van der Waals surface area contributed by atoms with Gasteiger partial charge in [0.1, 0.15) is 5.75 Å². The number of rotatable bonds is 8. The minimum absolute atomic E-state index is 0.0267. The van der Waals surface area contributed by atoms with Crippen molar-refractivity contribution in [3.05, 3.63) is 59.2 Å². The second-order valence-electron chi connectivity index (χ2n) is 6.51. The number of amides is 1. The molecule has 0 bridgehead atoms. The summed E-state index contributed by atoms with van der Waals surface area (Å²) in [5.41, 5.74) is 2.74. The van der Waals surface area contributed by atoms with Crippen LogP contribution >= 0.6 is 0 Å². The fourth-order valence-corrected chi connectivity index (χ4v) is 3.10. The summed E-state index contributed by atoms with van der Waals surface area (Å²) in [6, 6.07) is 12.8. The van der Waals surface area contributed by atoms with E-state index in [4.69, 9.17) is 4.74 Å². The molecule has 0 aliphatic carbocycles. The molecule has 0 fully saturated rings. The monoisotopic (exact) mass is 368 g/mol. The zero-order valence-electron chi connectivity index (χ0n) is 16.8. The number of anilines is 1. The highest BCUT2D eigenvalue weighted by atomic mass is 16.5. The fourth-order valence-electron chi connectivity index (χ4n) is 3.10. The van der Waals surface area contributed by atoms with Crippen molar-refractivity contribution in [3.63, 3.8) is 0 Å². The third-order valence-electron chi connectivity index (χ3n) is 4.63. The molecule has 0 N–H and O–H groups in total. The minimum Gasteiger partial charge on any atom is -0.497 e. The molecule has 0 heterocycles. The number of Topliss-reactive ketones (excluding diaryl/α,β-unsaturated/α-hetero) is 1. The molecule has 0 spiro atoms. The number of carbonyl (C=O) groups is 2. The third-order valence-corrected chi connectivity index (χ3v) is 4.63. The molecular formula is C22H28N2O3. The summed E-state index contributed by atoms with van der Waals surface area (Å²) in [7, 11) is 5.40. The van der Waals surface area contributed by atoms with Crippen molar-refractivity contribution in [2.75, 3.05) is 39.2 Å².